The van der Waals surface area contributed by atoms with Gasteiger partial charge in [-0.3, -0.25) is 4.99 Å². The van der Waals surface area contributed by atoms with Crippen LogP contribution in [0.5, 0.6) is 0 Å². The smallest absolute Gasteiger partial charge is 0.0676 e. The van der Waals surface area contributed by atoms with E-state index >= 15 is 0 Å². The molecule has 0 radical (unpaired) electrons. The molecule has 0 amide bonds. The van der Waals surface area contributed by atoms with E-state index in [1.807, 2.05) is 0 Å². The summed E-state index contributed by atoms with van der Waals surface area (Å²) in [5.41, 5.74) is 0. The van der Waals surface area contributed by atoms with Gasteiger partial charge in [-0.15, -0.1) is 0 Å². The molecule has 1 atom stereocenters. The average Bonchev–Trinajstić information content (AvgIpc) is 2.24. The van der Waals surface area contributed by atoms with Gasteiger partial charge in [0.2, 0.25) is 0 Å². The first-order valence-electron chi connectivity index (χ1n) is 5.20. The van der Waals surface area contributed by atoms with Crippen LogP contribution in [-0.4, -0.2) is 50.7 Å². The Bertz CT molecular complexity index is 190. The molecule has 0 heterocycles. The number of aliphatic hydroxyl groups is 1. The van der Waals surface area contributed by atoms with Crippen LogP contribution in [0.15, 0.2) is 4.99 Å². The minimum absolute atomic E-state index is 0.343. The Morgan fingerprint density at radius 2 is 2.13 bits per heavy atom. The van der Waals surface area contributed by atoms with E-state index in [0.29, 0.717) is 32.5 Å². The van der Waals surface area contributed by atoms with Crippen LogP contribution in [0.2, 0.25) is 0 Å². The van der Waals surface area contributed by atoms with Gasteiger partial charge in [0, 0.05) is 26.1 Å². The lowest BCUT2D eigenvalue weighted by atomic mass is 10.2. The van der Waals surface area contributed by atoms with Crippen LogP contribution in [0.3, 0.4) is 0 Å². The molecule has 0 bridgehead atoms. The van der Waals surface area contributed by atoms with E-state index in [1.165, 1.54) is 0 Å². The van der Waals surface area contributed by atoms with Crippen molar-refractivity contribution in [2.45, 2.75) is 18.9 Å². The fourth-order valence-corrected chi connectivity index (χ4v) is 1.07. The lowest BCUT2D eigenvalue weighted by Crippen LogP contribution is -2.31. The Hall–Kier alpha value is -0.960. The summed E-state index contributed by atoms with van der Waals surface area (Å²) in [5, 5.41) is 23.9. The zero-order valence-corrected chi connectivity index (χ0v) is 9.08. The normalized spacial score (nSPS) is 12.0. The highest BCUT2D eigenvalue weighted by atomic mass is 16.3. The number of nitrogens with zero attached hydrogens (tertiary/aromatic N) is 2. The van der Waals surface area contributed by atoms with Crippen molar-refractivity contribution in [3.05, 3.63) is 0 Å². The lowest BCUT2D eigenvalue weighted by Gasteiger charge is -2.11. The van der Waals surface area contributed by atoms with Crippen LogP contribution in [0.4, 0.5) is 0 Å². The maximum absolute atomic E-state index is 9.49. The monoisotopic (exact) mass is 212 g/mol. The number of hydrogen-bond acceptors (Lipinski definition) is 5. The van der Waals surface area contributed by atoms with Gasteiger partial charge in [0.1, 0.15) is 0 Å². The van der Waals surface area contributed by atoms with Crippen molar-refractivity contribution in [1.29, 1.82) is 5.26 Å². The molecule has 3 N–H and O–H groups in total. The lowest BCUT2D eigenvalue weighted by molar-refractivity contribution is 0.162. The number of nitriles is 1. The van der Waals surface area contributed by atoms with Crippen LogP contribution in [0.25, 0.3) is 0 Å². The fraction of sp³-hybridized carbons (Fsp3) is 0.800. The second kappa shape index (κ2) is 11.1. The van der Waals surface area contributed by atoms with Crippen molar-refractivity contribution in [2.24, 2.45) is 4.99 Å². The third-order valence-corrected chi connectivity index (χ3v) is 1.89. The largest absolute Gasteiger partial charge is 0.392 e. The van der Waals surface area contributed by atoms with Crippen LogP contribution in [0, 0.1) is 11.3 Å². The topological polar surface area (TPSA) is 80.4 Å². The van der Waals surface area contributed by atoms with E-state index in [4.69, 9.17) is 5.26 Å². The maximum atomic E-state index is 9.49. The molecule has 0 aliphatic rings. The Balaban J connectivity index is 3.15. The number of aliphatic hydroxyl groups excluding tert-OH is 1. The van der Waals surface area contributed by atoms with Crippen molar-refractivity contribution >= 4 is 6.72 Å². The fourth-order valence-electron chi connectivity index (χ4n) is 1.07. The summed E-state index contributed by atoms with van der Waals surface area (Å²) in [6.07, 6.45) is 0.864. The molecule has 0 aromatic rings. The highest BCUT2D eigenvalue weighted by Gasteiger charge is 2.01. The summed E-state index contributed by atoms with van der Waals surface area (Å²) in [5.74, 6) is 0. The zero-order valence-electron chi connectivity index (χ0n) is 9.08. The van der Waals surface area contributed by atoms with Crippen molar-refractivity contribution in [1.82, 2.24) is 10.6 Å². The van der Waals surface area contributed by atoms with Gasteiger partial charge in [-0.05, 0) is 19.7 Å². The number of nitrogens with one attached hydrogen (secondary N) is 2. The van der Waals surface area contributed by atoms with E-state index in [9.17, 15) is 5.11 Å². The second-order valence-electron chi connectivity index (χ2n) is 3.25. The Morgan fingerprint density at radius 1 is 1.33 bits per heavy atom. The maximum Gasteiger partial charge on any atom is 0.0676 e. The Kier molecular flexibility index (Phi) is 10.4. The van der Waals surface area contributed by atoms with E-state index in [1.54, 1.807) is 0 Å². The minimum atomic E-state index is -0.343. The second-order valence-corrected chi connectivity index (χ2v) is 3.25. The molecule has 5 heteroatoms. The van der Waals surface area contributed by atoms with Gasteiger partial charge in [0.15, 0.2) is 0 Å². The molecule has 15 heavy (non-hydrogen) atoms. The summed E-state index contributed by atoms with van der Waals surface area (Å²) in [6.45, 7) is 6.80. The van der Waals surface area contributed by atoms with E-state index in [0.717, 1.165) is 13.1 Å². The molecule has 0 aliphatic carbocycles. The average molecular weight is 212 g/mol. The summed E-state index contributed by atoms with van der Waals surface area (Å²) in [4.78, 5) is 3.69. The molecule has 5 nitrogen and oxygen atoms in total. The van der Waals surface area contributed by atoms with Crippen molar-refractivity contribution in [3.8, 4) is 6.07 Å². The van der Waals surface area contributed by atoms with Gasteiger partial charge < -0.3 is 15.7 Å². The molecule has 0 aliphatic heterocycles. The molecule has 0 fully saturated rings. The van der Waals surface area contributed by atoms with Crippen molar-refractivity contribution in [2.75, 3.05) is 32.7 Å². The van der Waals surface area contributed by atoms with Gasteiger partial charge in [0.05, 0.1) is 18.7 Å². The van der Waals surface area contributed by atoms with E-state index in [2.05, 4.69) is 28.4 Å². The first-order chi connectivity index (χ1) is 7.31. The van der Waals surface area contributed by atoms with Crippen molar-refractivity contribution in [3.63, 3.8) is 0 Å². The van der Waals surface area contributed by atoms with E-state index in [-0.39, 0.29) is 6.10 Å². The highest BCUT2D eigenvalue weighted by Crippen LogP contribution is 1.87. The molecule has 86 valence electrons. The van der Waals surface area contributed by atoms with Crippen LogP contribution < -0.4 is 10.6 Å². The predicted molar refractivity (Wildman–Crippen MR) is 61.0 cm³/mol. The minimum Gasteiger partial charge on any atom is -0.392 e. The van der Waals surface area contributed by atoms with Crippen molar-refractivity contribution < 1.29 is 5.11 Å². The molecular weight excluding hydrogens is 192 g/mol. The SMILES string of the molecule is C=NCCNCC(O)CCNCCC#N. The molecule has 0 aromatic heterocycles. The van der Waals surface area contributed by atoms with Gasteiger partial charge >= 0.3 is 0 Å². The Labute approximate surface area is 91.2 Å². The third-order valence-electron chi connectivity index (χ3n) is 1.89. The molecule has 0 saturated carbocycles. The van der Waals surface area contributed by atoms with E-state index < -0.39 is 0 Å². The summed E-state index contributed by atoms with van der Waals surface area (Å²) >= 11 is 0. The van der Waals surface area contributed by atoms with Crippen LogP contribution in [0.1, 0.15) is 12.8 Å². The standard InChI is InChI=1S/C10H20N4O/c1-12-7-8-14-9-10(15)3-6-13-5-2-4-11/h10,13-15H,1-3,5-9H2. The molecule has 0 spiro atoms. The van der Waals surface area contributed by atoms with Gasteiger partial charge in [-0.1, -0.05) is 0 Å². The third kappa shape index (κ3) is 11.0. The summed E-state index contributed by atoms with van der Waals surface area (Å²) in [6, 6.07) is 2.05. The molecule has 0 saturated heterocycles. The summed E-state index contributed by atoms with van der Waals surface area (Å²) in [7, 11) is 0. The molecule has 0 aromatic carbocycles. The Morgan fingerprint density at radius 3 is 2.80 bits per heavy atom. The summed E-state index contributed by atoms with van der Waals surface area (Å²) < 4.78 is 0. The first-order valence-corrected chi connectivity index (χ1v) is 5.20. The van der Waals surface area contributed by atoms with Gasteiger partial charge in [0.25, 0.3) is 0 Å². The molecule has 0 rings (SSSR count). The quantitative estimate of drug-likeness (QED) is 0.338. The van der Waals surface area contributed by atoms with Crippen LogP contribution >= 0.6 is 0 Å². The highest BCUT2D eigenvalue weighted by molar-refractivity contribution is 5.23. The van der Waals surface area contributed by atoms with Gasteiger partial charge in [-0.2, -0.15) is 5.26 Å². The number of hydrogen-bond donors (Lipinski definition) is 3. The van der Waals surface area contributed by atoms with Gasteiger partial charge in [-0.25, -0.2) is 0 Å². The van der Waals surface area contributed by atoms with Crippen LogP contribution in [-0.2, 0) is 0 Å². The number of rotatable bonds is 10. The zero-order chi connectivity index (χ0) is 11.4. The number of aliphatic imine (C=N–C) groups is 1. The molecule has 1 unspecified atom stereocenters. The predicted octanol–water partition coefficient (Wildman–Crippen LogP) is -0.469. The first kappa shape index (κ1) is 14.0. The molecular formula is C10H20N4O.